The fourth-order valence-electron chi connectivity index (χ4n) is 3.61. The number of nitrogens with zero attached hydrogens (tertiary/aromatic N) is 3. The number of fused-ring (bicyclic) bond motifs is 1. The Hall–Kier alpha value is -2.38. The van der Waals surface area contributed by atoms with Gasteiger partial charge in [-0.15, -0.1) is 0 Å². The highest BCUT2D eigenvalue weighted by Gasteiger charge is 2.39. The molecule has 2 aliphatic rings. The number of aliphatic imine (C=N–C) groups is 1. The van der Waals surface area contributed by atoms with Crippen LogP contribution in [0.15, 0.2) is 69.3 Å². The number of hydrogen-bond acceptors (Lipinski definition) is 6. The first kappa shape index (κ1) is 20.4. The van der Waals surface area contributed by atoms with Crippen LogP contribution in [0, 0.1) is 11.2 Å². The number of benzene rings is 1. The van der Waals surface area contributed by atoms with Crippen LogP contribution >= 0.6 is 11.9 Å². The third kappa shape index (κ3) is 4.72. The molecule has 1 unspecified atom stereocenters. The molecular formula is C21H26FN5S. The van der Waals surface area contributed by atoms with E-state index < -0.39 is 0 Å². The summed E-state index contributed by atoms with van der Waals surface area (Å²) in [5.41, 5.74) is 12.7. The normalized spacial score (nSPS) is 25.8. The Morgan fingerprint density at radius 1 is 1.39 bits per heavy atom. The molecule has 1 aliphatic carbocycles. The van der Waals surface area contributed by atoms with Gasteiger partial charge in [0, 0.05) is 30.5 Å². The van der Waals surface area contributed by atoms with E-state index in [0.717, 1.165) is 47.8 Å². The molecule has 1 fully saturated rings. The van der Waals surface area contributed by atoms with Crippen LogP contribution in [0.4, 0.5) is 10.1 Å². The molecule has 0 spiro atoms. The number of nitrogens with two attached hydrogens (primary N) is 1. The first-order chi connectivity index (χ1) is 13.4. The van der Waals surface area contributed by atoms with Gasteiger partial charge in [-0.2, -0.15) is 5.10 Å². The Morgan fingerprint density at radius 2 is 2.14 bits per heavy atom. The zero-order valence-corrected chi connectivity index (χ0v) is 17.1. The van der Waals surface area contributed by atoms with Crippen molar-refractivity contribution >= 4 is 29.6 Å². The van der Waals surface area contributed by atoms with Crippen LogP contribution in [0.2, 0.25) is 0 Å². The molecule has 0 bridgehead atoms. The standard InChI is InChI=1S/C21H26FN5S/c1-15(13-25-24-3)28-27-9-8-17-10-20(16(12-23)11-21(17,2)14-27)26-19-6-4-18(22)5-7-19/h4-7,10,12-13,24H,1,8-9,11,14,23H2,2-3H3/b16-12-,25-13-,26-20?. The largest absolute Gasteiger partial charge is 0.404 e. The second-order valence-corrected chi connectivity index (χ2v) is 8.45. The van der Waals surface area contributed by atoms with Crippen molar-refractivity contribution in [2.45, 2.75) is 19.8 Å². The predicted octanol–water partition coefficient (Wildman–Crippen LogP) is 4.15. The van der Waals surface area contributed by atoms with Crippen LogP contribution < -0.4 is 11.2 Å². The average molecular weight is 400 g/mol. The molecule has 0 amide bonds. The molecule has 1 atom stereocenters. The number of hydrogen-bond donors (Lipinski definition) is 2. The number of rotatable bonds is 5. The molecule has 1 saturated heterocycles. The van der Waals surface area contributed by atoms with Gasteiger partial charge in [-0.1, -0.05) is 19.1 Å². The smallest absolute Gasteiger partial charge is 0.123 e. The maximum atomic E-state index is 13.2. The van der Waals surface area contributed by atoms with Gasteiger partial charge in [-0.25, -0.2) is 13.7 Å². The molecule has 7 heteroatoms. The summed E-state index contributed by atoms with van der Waals surface area (Å²) in [6.07, 6.45) is 7.32. The highest BCUT2D eigenvalue weighted by atomic mass is 32.2. The summed E-state index contributed by atoms with van der Waals surface area (Å²) in [6, 6.07) is 6.21. The Kier molecular flexibility index (Phi) is 6.36. The van der Waals surface area contributed by atoms with E-state index in [-0.39, 0.29) is 11.2 Å². The molecule has 0 aromatic heterocycles. The van der Waals surface area contributed by atoms with Crippen molar-refractivity contribution in [3.8, 4) is 0 Å². The molecule has 5 nitrogen and oxygen atoms in total. The number of hydrazone groups is 1. The first-order valence-electron chi connectivity index (χ1n) is 9.21. The molecule has 3 rings (SSSR count). The van der Waals surface area contributed by atoms with E-state index in [1.54, 1.807) is 43.5 Å². The van der Waals surface area contributed by atoms with Crippen molar-refractivity contribution in [3.05, 3.63) is 65.0 Å². The summed E-state index contributed by atoms with van der Waals surface area (Å²) < 4.78 is 15.5. The van der Waals surface area contributed by atoms with E-state index in [1.807, 2.05) is 0 Å². The van der Waals surface area contributed by atoms with Crippen molar-refractivity contribution in [2.75, 3.05) is 20.1 Å². The van der Waals surface area contributed by atoms with Gasteiger partial charge in [0.15, 0.2) is 0 Å². The molecular weight excluding hydrogens is 373 g/mol. The van der Waals surface area contributed by atoms with Crippen LogP contribution in [0.5, 0.6) is 0 Å². The van der Waals surface area contributed by atoms with Crippen molar-refractivity contribution in [3.63, 3.8) is 0 Å². The van der Waals surface area contributed by atoms with Crippen LogP contribution in [-0.4, -0.2) is 36.4 Å². The summed E-state index contributed by atoms with van der Waals surface area (Å²) in [5, 5.41) is 4.02. The summed E-state index contributed by atoms with van der Waals surface area (Å²) >= 11 is 1.63. The van der Waals surface area contributed by atoms with Gasteiger partial charge < -0.3 is 11.2 Å². The molecule has 1 heterocycles. The van der Waals surface area contributed by atoms with E-state index in [0.29, 0.717) is 0 Å². The first-order valence-corrected chi connectivity index (χ1v) is 9.99. The second-order valence-electron chi connectivity index (χ2n) is 7.23. The van der Waals surface area contributed by atoms with Crippen LogP contribution in [0.1, 0.15) is 19.8 Å². The van der Waals surface area contributed by atoms with Gasteiger partial charge in [-0.05, 0) is 66.9 Å². The van der Waals surface area contributed by atoms with Gasteiger partial charge in [0.25, 0.3) is 0 Å². The van der Waals surface area contributed by atoms with Gasteiger partial charge in [0.2, 0.25) is 0 Å². The van der Waals surface area contributed by atoms with Crippen LogP contribution in [0.3, 0.4) is 0 Å². The summed E-state index contributed by atoms with van der Waals surface area (Å²) in [5.74, 6) is -0.265. The summed E-state index contributed by atoms with van der Waals surface area (Å²) in [6.45, 7) is 8.16. The van der Waals surface area contributed by atoms with E-state index in [4.69, 9.17) is 10.7 Å². The van der Waals surface area contributed by atoms with E-state index in [1.165, 1.54) is 17.7 Å². The highest BCUT2D eigenvalue weighted by molar-refractivity contribution is 8.01. The lowest BCUT2D eigenvalue weighted by Crippen LogP contribution is -2.42. The molecule has 1 aromatic carbocycles. The van der Waals surface area contributed by atoms with Crippen molar-refractivity contribution in [2.24, 2.45) is 21.2 Å². The van der Waals surface area contributed by atoms with Gasteiger partial charge in [0.1, 0.15) is 5.82 Å². The summed E-state index contributed by atoms with van der Waals surface area (Å²) in [7, 11) is 1.77. The van der Waals surface area contributed by atoms with Crippen molar-refractivity contribution < 1.29 is 4.39 Å². The zero-order chi connectivity index (χ0) is 20.1. The number of piperidine rings is 1. The van der Waals surface area contributed by atoms with E-state index in [9.17, 15) is 4.39 Å². The van der Waals surface area contributed by atoms with E-state index in [2.05, 4.69) is 34.4 Å². The quantitative estimate of drug-likeness (QED) is 0.443. The average Bonchev–Trinajstić information content (AvgIpc) is 2.67. The van der Waals surface area contributed by atoms with Crippen LogP contribution in [-0.2, 0) is 0 Å². The lowest BCUT2D eigenvalue weighted by molar-refractivity contribution is 0.246. The minimum absolute atomic E-state index is 0.00129. The minimum Gasteiger partial charge on any atom is -0.404 e. The fraction of sp³-hybridized carbons (Fsp3) is 0.333. The Morgan fingerprint density at radius 3 is 2.82 bits per heavy atom. The second kappa shape index (κ2) is 8.75. The predicted molar refractivity (Wildman–Crippen MR) is 117 cm³/mol. The molecule has 0 saturated carbocycles. The Bertz CT molecular complexity index is 856. The lowest BCUT2D eigenvalue weighted by atomic mass is 9.69. The van der Waals surface area contributed by atoms with Crippen molar-refractivity contribution in [1.82, 2.24) is 9.73 Å². The molecule has 3 N–H and O–H groups in total. The van der Waals surface area contributed by atoms with Gasteiger partial charge in [-0.3, -0.25) is 0 Å². The van der Waals surface area contributed by atoms with Crippen molar-refractivity contribution in [1.29, 1.82) is 0 Å². The minimum atomic E-state index is -0.265. The van der Waals surface area contributed by atoms with E-state index >= 15 is 0 Å². The topological polar surface area (TPSA) is 66.0 Å². The number of nitrogens with one attached hydrogen (secondary N) is 1. The SMILES string of the molecule is C=C(/C=N\NC)SN1CCC2=CC(=Nc3ccc(F)cc3)/C(=C\N)CC2(C)C1. The maximum absolute atomic E-state index is 13.2. The van der Waals surface area contributed by atoms with Gasteiger partial charge >= 0.3 is 0 Å². The molecule has 1 aliphatic heterocycles. The molecule has 0 radical (unpaired) electrons. The third-order valence-electron chi connectivity index (χ3n) is 5.01. The number of halogens is 1. The monoisotopic (exact) mass is 399 g/mol. The van der Waals surface area contributed by atoms with Gasteiger partial charge in [0.05, 0.1) is 17.6 Å². The maximum Gasteiger partial charge on any atom is 0.123 e. The fourth-order valence-corrected chi connectivity index (χ4v) is 4.57. The number of allylic oxidation sites excluding steroid dienone is 3. The third-order valence-corrected chi connectivity index (χ3v) is 5.92. The molecule has 148 valence electrons. The highest BCUT2D eigenvalue weighted by Crippen LogP contribution is 2.45. The Labute approximate surface area is 170 Å². The summed E-state index contributed by atoms with van der Waals surface area (Å²) in [4.78, 5) is 5.60. The lowest BCUT2D eigenvalue weighted by Gasteiger charge is -2.44. The zero-order valence-electron chi connectivity index (χ0n) is 16.3. The Balaban J connectivity index is 1.81. The molecule has 1 aromatic rings. The molecule has 28 heavy (non-hydrogen) atoms. The van der Waals surface area contributed by atoms with Crippen LogP contribution in [0.25, 0.3) is 0 Å².